The van der Waals surface area contributed by atoms with Crippen LogP contribution < -0.4 is 5.73 Å². The minimum atomic E-state index is -4.86. The van der Waals surface area contributed by atoms with Crippen LogP contribution in [0, 0.1) is 0 Å². The Labute approximate surface area is 75.3 Å². The number of halogens is 3. The van der Waals surface area contributed by atoms with Gasteiger partial charge in [0.1, 0.15) is 0 Å². The predicted octanol–water partition coefficient (Wildman–Crippen LogP) is 2.37. The minimum Gasteiger partial charge on any atom is -0.362 e. The van der Waals surface area contributed by atoms with Crippen molar-refractivity contribution >= 4 is 5.91 Å². The fourth-order valence-corrected chi connectivity index (χ4v) is 1.06. The molecule has 0 aromatic heterocycles. The monoisotopic (exact) mass is 197 g/mol. The summed E-state index contributed by atoms with van der Waals surface area (Å²) in [7, 11) is 0. The molecule has 13 heavy (non-hydrogen) atoms. The van der Waals surface area contributed by atoms with Crippen molar-refractivity contribution in [1.82, 2.24) is 0 Å². The maximum atomic E-state index is 10.7. The largest absolute Gasteiger partial charge is 0.470 e. The first-order chi connectivity index (χ1) is 5.94. The van der Waals surface area contributed by atoms with Gasteiger partial charge in [0, 0.05) is 0 Å². The standard InChI is InChI=1S/C6H12.C2H2F3NO/c1-2-4-6-5-3-1;3-2(4,5)1(6)7/h1-6H2;(H2,6,7). The lowest BCUT2D eigenvalue weighted by Gasteiger charge is -2.05. The van der Waals surface area contributed by atoms with Crippen molar-refractivity contribution in [2.75, 3.05) is 0 Å². The molecule has 0 saturated heterocycles. The van der Waals surface area contributed by atoms with E-state index in [1.807, 2.05) is 0 Å². The first-order valence-electron chi connectivity index (χ1n) is 4.31. The molecule has 0 aliphatic heterocycles. The first kappa shape index (κ1) is 12.3. The molecule has 1 fully saturated rings. The number of hydrogen-bond acceptors (Lipinski definition) is 1. The molecule has 0 spiro atoms. The van der Waals surface area contributed by atoms with Crippen LogP contribution >= 0.6 is 0 Å². The highest BCUT2D eigenvalue weighted by molar-refractivity contribution is 5.79. The zero-order valence-electron chi connectivity index (χ0n) is 7.36. The molecule has 78 valence electrons. The smallest absolute Gasteiger partial charge is 0.362 e. The molecule has 2 nitrogen and oxygen atoms in total. The fourth-order valence-electron chi connectivity index (χ4n) is 1.06. The van der Waals surface area contributed by atoms with Crippen molar-refractivity contribution in [1.29, 1.82) is 0 Å². The number of amides is 1. The molecule has 0 aromatic rings. The van der Waals surface area contributed by atoms with Crippen LogP contribution in [-0.2, 0) is 4.79 Å². The van der Waals surface area contributed by atoms with Crippen molar-refractivity contribution in [2.24, 2.45) is 5.73 Å². The molecule has 1 saturated carbocycles. The number of nitrogens with two attached hydrogens (primary N) is 1. The molecule has 1 aliphatic rings. The molecule has 1 aliphatic carbocycles. The molecule has 0 bridgehead atoms. The topological polar surface area (TPSA) is 43.1 Å². The highest BCUT2D eigenvalue weighted by Crippen LogP contribution is 2.15. The molecule has 5 heteroatoms. The molecular weight excluding hydrogens is 183 g/mol. The summed E-state index contributed by atoms with van der Waals surface area (Å²) in [4.78, 5) is 9.12. The zero-order chi connectivity index (χ0) is 10.3. The second-order valence-corrected chi connectivity index (χ2v) is 2.98. The molecule has 2 N–H and O–H groups in total. The summed E-state index contributed by atoms with van der Waals surface area (Å²) in [6.07, 6.45) is 4.14. The van der Waals surface area contributed by atoms with Crippen LogP contribution in [0.5, 0.6) is 0 Å². The quantitative estimate of drug-likeness (QED) is 0.636. The summed E-state index contributed by atoms with van der Waals surface area (Å²) in [5.41, 5.74) is 3.81. The highest BCUT2D eigenvalue weighted by atomic mass is 19.4. The zero-order valence-corrected chi connectivity index (χ0v) is 7.36. The van der Waals surface area contributed by atoms with E-state index >= 15 is 0 Å². The normalized spacial score (nSPS) is 17.2. The number of carbonyl (C=O) groups excluding carboxylic acids is 1. The van der Waals surface area contributed by atoms with Gasteiger partial charge in [0.25, 0.3) is 0 Å². The fraction of sp³-hybridized carbons (Fsp3) is 0.875. The van der Waals surface area contributed by atoms with Crippen LogP contribution in [0.2, 0.25) is 0 Å². The van der Waals surface area contributed by atoms with Gasteiger partial charge in [-0.3, -0.25) is 4.79 Å². The molecule has 0 aromatic carbocycles. The average molecular weight is 197 g/mol. The number of hydrogen-bond donors (Lipinski definition) is 1. The maximum absolute atomic E-state index is 10.7. The van der Waals surface area contributed by atoms with Gasteiger partial charge in [-0.25, -0.2) is 0 Å². The SMILES string of the molecule is C1CCCCC1.NC(=O)C(F)(F)F. The molecule has 1 rings (SSSR count). The third-order valence-corrected chi connectivity index (χ3v) is 1.78. The summed E-state index contributed by atoms with van der Waals surface area (Å²) in [6, 6.07) is 0. The Hall–Kier alpha value is -0.740. The van der Waals surface area contributed by atoms with Crippen molar-refractivity contribution in [3.63, 3.8) is 0 Å². The average Bonchev–Trinajstić information content (AvgIpc) is 2.07. The van der Waals surface area contributed by atoms with Gasteiger partial charge in [0.15, 0.2) is 0 Å². The van der Waals surface area contributed by atoms with Gasteiger partial charge in [-0.15, -0.1) is 0 Å². The van der Waals surface area contributed by atoms with Crippen molar-refractivity contribution < 1.29 is 18.0 Å². The Morgan fingerprint density at radius 3 is 1.15 bits per heavy atom. The predicted molar refractivity (Wildman–Crippen MR) is 43.0 cm³/mol. The number of rotatable bonds is 0. The Kier molecular flexibility index (Phi) is 5.50. The summed E-state index contributed by atoms with van der Waals surface area (Å²) < 4.78 is 32.1. The van der Waals surface area contributed by atoms with Gasteiger partial charge < -0.3 is 5.73 Å². The van der Waals surface area contributed by atoms with Gasteiger partial charge in [-0.2, -0.15) is 13.2 Å². The summed E-state index contributed by atoms with van der Waals surface area (Å²) in [6.45, 7) is 0. The number of primary amides is 1. The second-order valence-electron chi connectivity index (χ2n) is 2.98. The maximum Gasteiger partial charge on any atom is 0.470 e. The summed E-state index contributed by atoms with van der Waals surface area (Å²) in [5, 5.41) is 0. The van der Waals surface area contributed by atoms with Crippen LogP contribution in [-0.4, -0.2) is 12.1 Å². The third kappa shape index (κ3) is 7.62. The van der Waals surface area contributed by atoms with Crippen molar-refractivity contribution in [3.05, 3.63) is 0 Å². The third-order valence-electron chi connectivity index (χ3n) is 1.78. The van der Waals surface area contributed by atoms with E-state index in [1.165, 1.54) is 38.5 Å². The number of alkyl halides is 3. The van der Waals surface area contributed by atoms with E-state index in [2.05, 4.69) is 5.73 Å². The van der Waals surface area contributed by atoms with Gasteiger partial charge in [0.2, 0.25) is 0 Å². The van der Waals surface area contributed by atoms with Gasteiger partial charge in [-0.05, 0) is 0 Å². The van der Waals surface area contributed by atoms with Gasteiger partial charge in [0.05, 0.1) is 0 Å². The molecule has 0 unspecified atom stereocenters. The van der Waals surface area contributed by atoms with Gasteiger partial charge in [-0.1, -0.05) is 38.5 Å². The molecule has 0 radical (unpaired) electrons. The van der Waals surface area contributed by atoms with E-state index in [0.29, 0.717) is 0 Å². The minimum absolute atomic E-state index is 1.50. The lowest BCUT2D eigenvalue weighted by molar-refractivity contribution is -0.169. The number of carbonyl (C=O) groups is 1. The molecule has 1 amide bonds. The Morgan fingerprint density at radius 1 is 0.923 bits per heavy atom. The van der Waals surface area contributed by atoms with E-state index in [1.54, 1.807) is 0 Å². The van der Waals surface area contributed by atoms with E-state index in [4.69, 9.17) is 4.79 Å². The molecular formula is C8H14F3NO. The summed E-state index contributed by atoms with van der Waals surface area (Å²) in [5.74, 6) is -2.26. The Balaban J connectivity index is 0.000000223. The van der Waals surface area contributed by atoms with Crippen LogP contribution in [0.4, 0.5) is 13.2 Å². The highest BCUT2D eigenvalue weighted by Gasteiger charge is 2.35. The van der Waals surface area contributed by atoms with Crippen molar-refractivity contribution in [3.8, 4) is 0 Å². The lowest BCUT2D eigenvalue weighted by atomic mass is 10.0. The van der Waals surface area contributed by atoms with Crippen LogP contribution in [0.15, 0.2) is 0 Å². The van der Waals surface area contributed by atoms with E-state index in [-0.39, 0.29) is 0 Å². The summed E-state index contributed by atoms with van der Waals surface area (Å²) >= 11 is 0. The van der Waals surface area contributed by atoms with Crippen LogP contribution in [0.3, 0.4) is 0 Å². The van der Waals surface area contributed by atoms with E-state index in [9.17, 15) is 13.2 Å². The Morgan fingerprint density at radius 2 is 1.08 bits per heavy atom. The second kappa shape index (κ2) is 5.83. The van der Waals surface area contributed by atoms with E-state index in [0.717, 1.165) is 0 Å². The molecule has 0 heterocycles. The van der Waals surface area contributed by atoms with E-state index < -0.39 is 12.1 Å². The van der Waals surface area contributed by atoms with Crippen LogP contribution in [0.1, 0.15) is 38.5 Å². The first-order valence-corrected chi connectivity index (χ1v) is 4.31. The van der Waals surface area contributed by atoms with Crippen molar-refractivity contribution in [2.45, 2.75) is 44.7 Å². The molecule has 0 atom stereocenters. The Bertz CT molecular complexity index is 140. The van der Waals surface area contributed by atoms with Crippen LogP contribution in [0.25, 0.3) is 0 Å². The van der Waals surface area contributed by atoms with Gasteiger partial charge >= 0.3 is 12.1 Å². The lowest BCUT2D eigenvalue weighted by Crippen LogP contribution is -2.30.